The fraction of sp³-hybridized carbons (Fsp3) is 0.625. The van der Waals surface area contributed by atoms with Gasteiger partial charge in [-0.2, -0.15) is 0 Å². The molecule has 0 heterocycles. The minimum Gasteiger partial charge on any atom is -0.314 e. The molecular weight excluding hydrogens is 225 g/mol. The van der Waals surface area contributed by atoms with Crippen LogP contribution in [-0.4, -0.2) is 12.6 Å². The molecule has 1 aromatic carbocycles. The van der Waals surface area contributed by atoms with Gasteiger partial charge in [-0.15, -0.1) is 0 Å². The molecule has 0 spiro atoms. The van der Waals surface area contributed by atoms with Crippen LogP contribution in [0.1, 0.15) is 45.6 Å². The fourth-order valence-electron chi connectivity index (χ4n) is 2.15. The lowest BCUT2D eigenvalue weighted by molar-refractivity contribution is 0.405. The highest BCUT2D eigenvalue weighted by molar-refractivity contribution is 5.17. The van der Waals surface area contributed by atoms with Gasteiger partial charge in [-0.1, -0.05) is 51.8 Å². The lowest BCUT2D eigenvalue weighted by atomic mass is 9.93. The molecule has 0 aliphatic carbocycles. The summed E-state index contributed by atoms with van der Waals surface area (Å²) in [6.07, 6.45) is 4.44. The number of unbranched alkanes of at least 4 members (excludes halogenated alkanes) is 1. The molecule has 1 aromatic rings. The van der Waals surface area contributed by atoms with E-state index in [4.69, 9.17) is 0 Å². The number of hydrogen-bond acceptors (Lipinski definition) is 1. The normalized spacial score (nSPS) is 12.9. The summed E-state index contributed by atoms with van der Waals surface area (Å²) in [5, 5.41) is 3.47. The minimum atomic E-state index is -0.0662. The van der Waals surface area contributed by atoms with Crippen molar-refractivity contribution in [1.82, 2.24) is 5.32 Å². The SMILES string of the molecule is CCCCC(CNC(C)C)Cc1ccccc1F. The van der Waals surface area contributed by atoms with Crippen LogP contribution in [0.2, 0.25) is 0 Å². The molecule has 0 amide bonds. The van der Waals surface area contributed by atoms with Crippen molar-refractivity contribution in [3.8, 4) is 0 Å². The second kappa shape index (κ2) is 8.25. The molecule has 0 radical (unpaired) electrons. The Kier molecular flexibility index (Phi) is 6.96. The van der Waals surface area contributed by atoms with Crippen LogP contribution in [0.25, 0.3) is 0 Å². The molecule has 0 bridgehead atoms. The van der Waals surface area contributed by atoms with Crippen molar-refractivity contribution in [3.05, 3.63) is 35.6 Å². The molecule has 0 saturated carbocycles. The zero-order valence-corrected chi connectivity index (χ0v) is 11.9. The average Bonchev–Trinajstić information content (AvgIpc) is 2.35. The van der Waals surface area contributed by atoms with Gasteiger partial charge in [-0.3, -0.25) is 0 Å². The zero-order chi connectivity index (χ0) is 13.4. The predicted molar refractivity (Wildman–Crippen MR) is 76.3 cm³/mol. The smallest absolute Gasteiger partial charge is 0.126 e. The third-order valence-corrected chi connectivity index (χ3v) is 3.25. The first-order valence-corrected chi connectivity index (χ1v) is 7.10. The molecule has 1 nitrogen and oxygen atoms in total. The van der Waals surface area contributed by atoms with E-state index in [0.29, 0.717) is 12.0 Å². The molecular formula is C16H26FN. The lowest BCUT2D eigenvalue weighted by Gasteiger charge is -2.19. The van der Waals surface area contributed by atoms with Crippen LogP contribution in [0.15, 0.2) is 24.3 Å². The summed E-state index contributed by atoms with van der Waals surface area (Å²) < 4.78 is 13.7. The summed E-state index contributed by atoms with van der Waals surface area (Å²) in [5.74, 6) is 0.466. The van der Waals surface area contributed by atoms with Crippen molar-refractivity contribution in [3.63, 3.8) is 0 Å². The van der Waals surface area contributed by atoms with E-state index in [1.165, 1.54) is 19.3 Å². The number of nitrogens with one attached hydrogen (secondary N) is 1. The molecule has 0 aliphatic rings. The van der Waals surface area contributed by atoms with Crippen LogP contribution in [0.5, 0.6) is 0 Å². The first-order chi connectivity index (χ1) is 8.63. The largest absolute Gasteiger partial charge is 0.314 e. The predicted octanol–water partition coefficient (Wildman–Crippen LogP) is 4.17. The number of hydrogen-bond donors (Lipinski definition) is 1. The van der Waals surface area contributed by atoms with Gasteiger partial charge in [0.2, 0.25) is 0 Å². The highest BCUT2D eigenvalue weighted by Crippen LogP contribution is 2.17. The Morgan fingerprint density at radius 1 is 1.22 bits per heavy atom. The lowest BCUT2D eigenvalue weighted by Crippen LogP contribution is -2.30. The van der Waals surface area contributed by atoms with Crippen LogP contribution < -0.4 is 5.32 Å². The molecule has 1 atom stereocenters. The maximum atomic E-state index is 13.7. The molecule has 102 valence electrons. The Hall–Kier alpha value is -0.890. The Labute approximate surface area is 111 Å². The van der Waals surface area contributed by atoms with Crippen LogP contribution in [-0.2, 0) is 6.42 Å². The highest BCUT2D eigenvalue weighted by Gasteiger charge is 2.12. The molecule has 1 rings (SSSR count). The van der Waals surface area contributed by atoms with Crippen LogP contribution in [0.4, 0.5) is 4.39 Å². The van der Waals surface area contributed by atoms with E-state index >= 15 is 0 Å². The fourth-order valence-corrected chi connectivity index (χ4v) is 2.15. The minimum absolute atomic E-state index is 0.0662. The van der Waals surface area contributed by atoms with Crippen molar-refractivity contribution in [2.45, 2.75) is 52.5 Å². The Morgan fingerprint density at radius 3 is 2.56 bits per heavy atom. The maximum absolute atomic E-state index is 13.7. The van der Waals surface area contributed by atoms with Gasteiger partial charge in [-0.25, -0.2) is 4.39 Å². The maximum Gasteiger partial charge on any atom is 0.126 e. The molecule has 0 fully saturated rings. The molecule has 0 saturated heterocycles. The van der Waals surface area contributed by atoms with E-state index in [9.17, 15) is 4.39 Å². The Bertz CT molecular complexity index is 336. The van der Waals surface area contributed by atoms with E-state index in [-0.39, 0.29) is 5.82 Å². The Morgan fingerprint density at radius 2 is 1.94 bits per heavy atom. The number of halogens is 1. The van der Waals surface area contributed by atoms with E-state index < -0.39 is 0 Å². The van der Waals surface area contributed by atoms with Crippen LogP contribution in [0, 0.1) is 11.7 Å². The van der Waals surface area contributed by atoms with Crippen molar-refractivity contribution in [1.29, 1.82) is 0 Å². The second-order valence-corrected chi connectivity index (χ2v) is 5.37. The van der Waals surface area contributed by atoms with Gasteiger partial charge in [0.05, 0.1) is 0 Å². The van der Waals surface area contributed by atoms with Crippen molar-refractivity contribution in [2.24, 2.45) is 5.92 Å². The summed E-state index contributed by atoms with van der Waals surface area (Å²) in [5.41, 5.74) is 0.851. The average molecular weight is 251 g/mol. The summed E-state index contributed by atoms with van der Waals surface area (Å²) in [6, 6.07) is 7.64. The Balaban J connectivity index is 2.56. The van der Waals surface area contributed by atoms with Crippen molar-refractivity contribution in [2.75, 3.05) is 6.54 Å². The van der Waals surface area contributed by atoms with Gasteiger partial charge in [-0.05, 0) is 36.9 Å². The van der Waals surface area contributed by atoms with Gasteiger partial charge in [0.25, 0.3) is 0 Å². The van der Waals surface area contributed by atoms with Gasteiger partial charge in [0.15, 0.2) is 0 Å². The van der Waals surface area contributed by atoms with Gasteiger partial charge >= 0.3 is 0 Å². The highest BCUT2D eigenvalue weighted by atomic mass is 19.1. The summed E-state index contributed by atoms with van der Waals surface area (Å²) >= 11 is 0. The molecule has 1 unspecified atom stereocenters. The van der Waals surface area contributed by atoms with Gasteiger partial charge in [0.1, 0.15) is 5.82 Å². The molecule has 0 aliphatic heterocycles. The molecule has 18 heavy (non-hydrogen) atoms. The van der Waals surface area contributed by atoms with Crippen LogP contribution in [0.3, 0.4) is 0 Å². The summed E-state index contributed by atoms with van der Waals surface area (Å²) in [7, 11) is 0. The topological polar surface area (TPSA) is 12.0 Å². The first kappa shape index (κ1) is 15.2. The first-order valence-electron chi connectivity index (χ1n) is 7.10. The summed E-state index contributed by atoms with van der Waals surface area (Å²) in [4.78, 5) is 0. The summed E-state index contributed by atoms with van der Waals surface area (Å²) in [6.45, 7) is 7.49. The number of rotatable bonds is 8. The van der Waals surface area contributed by atoms with E-state index in [1.54, 1.807) is 12.1 Å². The monoisotopic (exact) mass is 251 g/mol. The van der Waals surface area contributed by atoms with E-state index in [2.05, 4.69) is 26.1 Å². The second-order valence-electron chi connectivity index (χ2n) is 5.37. The van der Waals surface area contributed by atoms with Crippen molar-refractivity contribution < 1.29 is 4.39 Å². The van der Waals surface area contributed by atoms with Gasteiger partial charge in [0, 0.05) is 6.04 Å². The third kappa shape index (κ3) is 5.63. The quantitative estimate of drug-likeness (QED) is 0.731. The van der Waals surface area contributed by atoms with E-state index in [1.807, 2.05) is 12.1 Å². The number of benzene rings is 1. The van der Waals surface area contributed by atoms with Gasteiger partial charge < -0.3 is 5.32 Å². The molecule has 0 aromatic heterocycles. The zero-order valence-electron chi connectivity index (χ0n) is 11.9. The molecule has 2 heteroatoms. The molecule has 1 N–H and O–H groups in total. The van der Waals surface area contributed by atoms with Crippen LogP contribution >= 0.6 is 0 Å². The van der Waals surface area contributed by atoms with Crippen molar-refractivity contribution >= 4 is 0 Å². The van der Waals surface area contributed by atoms with E-state index in [0.717, 1.165) is 18.5 Å². The standard InChI is InChI=1S/C16H26FN/c1-4-5-8-14(12-18-13(2)3)11-15-9-6-7-10-16(15)17/h6-7,9-10,13-14,18H,4-5,8,11-12H2,1-3H3. The third-order valence-electron chi connectivity index (χ3n) is 3.25.